The predicted molar refractivity (Wildman–Crippen MR) is 85.7 cm³/mol. The number of aliphatic carboxylic acids is 1. The standard InChI is InChI=1S/C16H15F3N2O3S/c1-8-9-4-5-10(16(17,18)19)20-13(9)25-11(8)12(22)21-15(14(23)24)6-2-3-7-15/h4-5H,2-3,6-7H2,1H3,(H,21,22)(H,23,24). The molecule has 0 unspecified atom stereocenters. The number of carboxylic acid groups (broad SMARTS) is 1. The number of fused-ring (bicyclic) bond motifs is 1. The van der Waals surface area contributed by atoms with Crippen LogP contribution in [0, 0.1) is 6.92 Å². The average Bonchev–Trinajstić information content (AvgIpc) is 3.12. The van der Waals surface area contributed by atoms with E-state index in [0.717, 1.165) is 17.4 Å². The van der Waals surface area contributed by atoms with Crippen LogP contribution in [0.25, 0.3) is 10.2 Å². The fourth-order valence-corrected chi connectivity index (χ4v) is 4.19. The molecule has 1 amide bonds. The number of rotatable bonds is 3. The van der Waals surface area contributed by atoms with Crippen molar-refractivity contribution in [2.24, 2.45) is 0 Å². The molecular weight excluding hydrogens is 357 g/mol. The van der Waals surface area contributed by atoms with Crippen LogP contribution in [0.15, 0.2) is 12.1 Å². The third-order valence-corrected chi connectivity index (χ3v) is 5.72. The molecule has 2 aromatic heterocycles. The second-order valence-electron chi connectivity index (χ2n) is 6.15. The van der Waals surface area contributed by atoms with Crippen molar-refractivity contribution in [1.82, 2.24) is 10.3 Å². The normalized spacial score (nSPS) is 17.0. The first-order chi connectivity index (χ1) is 11.6. The second kappa shape index (κ2) is 5.98. The largest absolute Gasteiger partial charge is 0.480 e. The van der Waals surface area contributed by atoms with Gasteiger partial charge in [0, 0.05) is 5.39 Å². The lowest BCUT2D eigenvalue weighted by Gasteiger charge is -2.25. The van der Waals surface area contributed by atoms with Crippen molar-refractivity contribution < 1.29 is 27.9 Å². The first kappa shape index (κ1) is 17.7. The highest BCUT2D eigenvalue weighted by molar-refractivity contribution is 7.20. The van der Waals surface area contributed by atoms with Crippen molar-refractivity contribution >= 4 is 33.4 Å². The third kappa shape index (κ3) is 3.08. The fraction of sp³-hybridized carbons (Fsp3) is 0.438. The molecule has 1 aliphatic carbocycles. The maximum atomic E-state index is 12.8. The van der Waals surface area contributed by atoms with Crippen LogP contribution in [0.5, 0.6) is 0 Å². The molecule has 1 fully saturated rings. The van der Waals surface area contributed by atoms with Crippen molar-refractivity contribution in [1.29, 1.82) is 0 Å². The molecule has 2 N–H and O–H groups in total. The van der Waals surface area contributed by atoms with E-state index in [9.17, 15) is 27.9 Å². The molecule has 5 nitrogen and oxygen atoms in total. The topological polar surface area (TPSA) is 79.3 Å². The van der Waals surface area contributed by atoms with Crippen molar-refractivity contribution in [2.75, 3.05) is 0 Å². The molecular formula is C16H15F3N2O3S. The van der Waals surface area contributed by atoms with Crippen LogP contribution >= 0.6 is 11.3 Å². The van der Waals surface area contributed by atoms with Gasteiger partial charge >= 0.3 is 12.1 Å². The zero-order chi connectivity index (χ0) is 18.4. The van der Waals surface area contributed by atoms with Gasteiger partial charge in [0.15, 0.2) is 0 Å². The van der Waals surface area contributed by atoms with Gasteiger partial charge in [0.25, 0.3) is 5.91 Å². The van der Waals surface area contributed by atoms with Crippen molar-refractivity contribution in [3.63, 3.8) is 0 Å². The van der Waals surface area contributed by atoms with Crippen LogP contribution in [0.3, 0.4) is 0 Å². The van der Waals surface area contributed by atoms with E-state index in [4.69, 9.17) is 0 Å². The number of thiophene rings is 1. The number of carbonyl (C=O) groups excluding carboxylic acids is 1. The Labute approximate surface area is 144 Å². The van der Waals surface area contributed by atoms with Crippen molar-refractivity contribution in [3.8, 4) is 0 Å². The molecule has 2 aromatic rings. The number of alkyl halides is 3. The van der Waals surface area contributed by atoms with Gasteiger partial charge in [-0.05, 0) is 37.5 Å². The molecule has 0 aromatic carbocycles. The Balaban J connectivity index is 1.96. The summed E-state index contributed by atoms with van der Waals surface area (Å²) >= 11 is 0.840. The molecule has 3 rings (SSSR count). The van der Waals surface area contributed by atoms with E-state index in [1.807, 2.05) is 0 Å². The van der Waals surface area contributed by atoms with E-state index in [1.165, 1.54) is 6.07 Å². The molecule has 0 saturated heterocycles. The van der Waals surface area contributed by atoms with Crippen LogP contribution in [-0.4, -0.2) is 27.5 Å². The number of pyridine rings is 1. The number of amides is 1. The lowest BCUT2D eigenvalue weighted by molar-refractivity contribution is -0.144. The van der Waals surface area contributed by atoms with Gasteiger partial charge in [-0.2, -0.15) is 13.2 Å². The first-order valence-corrected chi connectivity index (χ1v) is 8.49. The minimum absolute atomic E-state index is 0.105. The Morgan fingerprint density at radius 1 is 1.28 bits per heavy atom. The van der Waals surface area contributed by atoms with Crippen LogP contribution in [0.1, 0.15) is 46.6 Å². The Bertz CT molecular complexity index is 854. The van der Waals surface area contributed by atoms with E-state index in [-0.39, 0.29) is 9.71 Å². The Kier molecular flexibility index (Phi) is 4.22. The maximum Gasteiger partial charge on any atom is 0.433 e. The van der Waals surface area contributed by atoms with Gasteiger partial charge in [-0.3, -0.25) is 4.79 Å². The van der Waals surface area contributed by atoms with Gasteiger partial charge in [0.2, 0.25) is 0 Å². The van der Waals surface area contributed by atoms with Crippen molar-refractivity contribution in [2.45, 2.75) is 44.3 Å². The Morgan fingerprint density at radius 2 is 1.92 bits per heavy atom. The molecule has 1 aliphatic rings. The number of hydrogen-bond donors (Lipinski definition) is 2. The summed E-state index contributed by atoms with van der Waals surface area (Å²) in [6, 6.07) is 2.16. The quantitative estimate of drug-likeness (QED) is 0.860. The van der Waals surface area contributed by atoms with Gasteiger partial charge in [0.05, 0.1) is 4.88 Å². The highest BCUT2D eigenvalue weighted by atomic mass is 32.1. The monoisotopic (exact) mass is 372 g/mol. The van der Waals surface area contributed by atoms with E-state index >= 15 is 0 Å². The molecule has 2 heterocycles. The SMILES string of the molecule is Cc1c(C(=O)NC2(C(=O)O)CCCC2)sc2nc(C(F)(F)F)ccc12. The molecule has 0 bridgehead atoms. The number of hydrogen-bond acceptors (Lipinski definition) is 4. The predicted octanol–water partition coefficient (Wildman–Crippen LogP) is 3.75. The number of carbonyl (C=O) groups is 2. The molecule has 1 saturated carbocycles. The second-order valence-corrected chi connectivity index (χ2v) is 7.15. The molecule has 134 valence electrons. The maximum absolute atomic E-state index is 12.8. The highest BCUT2D eigenvalue weighted by Gasteiger charge is 2.43. The van der Waals surface area contributed by atoms with E-state index in [2.05, 4.69) is 10.3 Å². The van der Waals surface area contributed by atoms with Gasteiger partial charge in [-0.15, -0.1) is 11.3 Å². The number of nitrogens with zero attached hydrogens (tertiary/aromatic N) is 1. The van der Waals surface area contributed by atoms with E-state index < -0.39 is 29.3 Å². The summed E-state index contributed by atoms with van der Waals surface area (Å²) in [5.74, 6) is -1.67. The lowest BCUT2D eigenvalue weighted by Crippen LogP contribution is -2.52. The zero-order valence-electron chi connectivity index (χ0n) is 13.2. The number of halogens is 3. The summed E-state index contributed by atoms with van der Waals surface area (Å²) in [6.07, 6.45) is -2.47. The summed E-state index contributed by atoms with van der Waals surface area (Å²) in [7, 11) is 0. The molecule has 9 heteroatoms. The lowest BCUT2D eigenvalue weighted by atomic mass is 9.97. The third-order valence-electron chi connectivity index (χ3n) is 4.52. The summed E-state index contributed by atoms with van der Waals surface area (Å²) in [5, 5.41) is 12.5. The van der Waals surface area contributed by atoms with Crippen LogP contribution < -0.4 is 5.32 Å². The summed E-state index contributed by atoms with van der Waals surface area (Å²) in [6.45, 7) is 1.62. The molecule has 0 atom stereocenters. The van der Waals surface area contributed by atoms with Crippen LogP contribution in [0.2, 0.25) is 0 Å². The van der Waals surface area contributed by atoms with Crippen LogP contribution in [0.4, 0.5) is 13.2 Å². The summed E-state index contributed by atoms with van der Waals surface area (Å²) < 4.78 is 38.4. The zero-order valence-corrected chi connectivity index (χ0v) is 14.1. The van der Waals surface area contributed by atoms with Gasteiger partial charge in [-0.1, -0.05) is 12.8 Å². The minimum Gasteiger partial charge on any atom is -0.480 e. The van der Waals surface area contributed by atoms with Crippen molar-refractivity contribution in [3.05, 3.63) is 28.3 Å². The summed E-state index contributed by atoms with van der Waals surface area (Å²) in [4.78, 5) is 28.0. The highest BCUT2D eigenvalue weighted by Crippen LogP contribution is 2.35. The Morgan fingerprint density at radius 3 is 2.48 bits per heavy atom. The molecule has 0 aliphatic heterocycles. The fourth-order valence-electron chi connectivity index (χ4n) is 3.12. The number of nitrogens with one attached hydrogen (secondary N) is 1. The van der Waals surface area contributed by atoms with Gasteiger partial charge in [0.1, 0.15) is 16.1 Å². The molecule has 0 radical (unpaired) electrons. The van der Waals surface area contributed by atoms with E-state index in [1.54, 1.807) is 6.92 Å². The van der Waals surface area contributed by atoms with E-state index in [0.29, 0.717) is 36.6 Å². The van der Waals surface area contributed by atoms with Gasteiger partial charge < -0.3 is 10.4 Å². The minimum atomic E-state index is -4.56. The summed E-state index contributed by atoms with van der Waals surface area (Å²) in [5.41, 5.74) is -1.83. The van der Waals surface area contributed by atoms with Gasteiger partial charge in [-0.25, -0.2) is 9.78 Å². The smallest absolute Gasteiger partial charge is 0.433 e. The number of carboxylic acids is 1. The molecule has 0 spiro atoms. The number of aryl methyl sites for hydroxylation is 1. The number of aromatic nitrogens is 1. The van der Waals surface area contributed by atoms with Crippen LogP contribution in [-0.2, 0) is 11.0 Å². The Hall–Kier alpha value is -2.16. The average molecular weight is 372 g/mol. The molecule has 25 heavy (non-hydrogen) atoms. The first-order valence-electron chi connectivity index (χ1n) is 7.67.